The van der Waals surface area contributed by atoms with Crippen molar-refractivity contribution in [3.63, 3.8) is 0 Å². The number of allylic oxidation sites excluding steroid dienone is 1. The van der Waals surface area contributed by atoms with E-state index in [2.05, 4.69) is 14.6 Å². The average Bonchev–Trinajstić information content (AvgIpc) is 2.73. The number of piperidine rings is 1. The molecule has 8 nitrogen and oxygen atoms in total. The third-order valence-electron chi connectivity index (χ3n) is 4.60. The Morgan fingerprint density at radius 1 is 1.29 bits per heavy atom. The van der Waals surface area contributed by atoms with Crippen molar-refractivity contribution in [1.82, 2.24) is 14.6 Å². The van der Waals surface area contributed by atoms with Crippen molar-refractivity contribution in [2.75, 3.05) is 33.4 Å². The normalized spacial score (nSPS) is 16.0. The van der Waals surface area contributed by atoms with Crippen LogP contribution in [0.3, 0.4) is 0 Å². The molecule has 1 fully saturated rings. The van der Waals surface area contributed by atoms with Gasteiger partial charge in [0.2, 0.25) is 5.88 Å². The van der Waals surface area contributed by atoms with Gasteiger partial charge >= 0.3 is 12.1 Å². The van der Waals surface area contributed by atoms with Gasteiger partial charge in [-0.2, -0.15) is 0 Å². The Kier molecular flexibility index (Phi) is 9.64. The molecule has 172 valence electrons. The van der Waals surface area contributed by atoms with E-state index in [1.807, 2.05) is 45.9 Å². The molecule has 0 bridgehead atoms. The first-order chi connectivity index (χ1) is 14.7. The second kappa shape index (κ2) is 12.0. The lowest BCUT2D eigenvalue weighted by atomic mass is 9.99. The lowest BCUT2D eigenvalue weighted by Crippen LogP contribution is -2.34. The maximum Gasteiger partial charge on any atom is 0.407 e. The second-order valence-electron chi connectivity index (χ2n) is 8.24. The largest absolute Gasteiger partial charge is 0.473 e. The van der Waals surface area contributed by atoms with Gasteiger partial charge in [0.15, 0.2) is 0 Å². The number of rotatable bonds is 8. The van der Waals surface area contributed by atoms with Gasteiger partial charge in [0.1, 0.15) is 12.2 Å². The number of methoxy groups -OCH3 is 1. The van der Waals surface area contributed by atoms with Crippen molar-refractivity contribution < 1.29 is 23.8 Å². The van der Waals surface area contributed by atoms with E-state index in [0.29, 0.717) is 19.0 Å². The third kappa shape index (κ3) is 9.18. The van der Waals surface area contributed by atoms with E-state index in [0.717, 1.165) is 36.4 Å². The molecule has 9 heteroatoms. The van der Waals surface area contributed by atoms with Gasteiger partial charge in [-0.05, 0) is 64.1 Å². The number of alkyl carbamates (subject to hydrolysis) is 1. The van der Waals surface area contributed by atoms with E-state index in [1.54, 1.807) is 18.1 Å². The van der Waals surface area contributed by atoms with Gasteiger partial charge in [0.25, 0.3) is 0 Å². The maximum absolute atomic E-state index is 11.8. The minimum Gasteiger partial charge on any atom is -0.473 e. The van der Waals surface area contributed by atoms with Crippen LogP contribution >= 0.6 is 11.9 Å². The highest BCUT2D eigenvalue weighted by molar-refractivity contribution is 7.97. The van der Waals surface area contributed by atoms with E-state index in [9.17, 15) is 9.59 Å². The molecule has 0 unspecified atom stereocenters. The van der Waals surface area contributed by atoms with Crippen LogP contribution in [0.4, 0.5) is 4.79 Å². The number of esters is 1. The number of amides is 1. The molecule has 2 rings (SSSR count). The fourth-order valence-corrected chi connectivity index (χ4v) is 3.83. The first-order valence-electron chi connectivity index (χ1n) is 10.4. The Bertz CT molecular complexity index is 753. The Labute approximate surface area is 188 Å². The quantitative estimate of drug-likeness (QED) is 0.362. The summed E-state index contributed by atoms with van der Waals surface area (Å²) in [4.78, 5) is 28.8. The second-order valence-corrected chi connectivity index (χ2v) is 9.41. The lowest BCUT2D eigenvalue weighted by Gasteiger charge is -2.29. The molecular formula is C22H33N3O5S. The molecule has 1 aromatic heterocycles. The van der Waals surface area contributed by atoms with Crippen LogP contribution < -0.4 is 10.1 Å². The molecule has 1 aliphatic heterocycles. The lowest BCUT2D eigenvalue weighted by molar-refractivity contribution is -0.146. The van der Waals surface area contributed by atoms with Crippen LogP contribution in [-0.2, 0) is 14.3 Å². The Balaban J connectivity index is 1.74. The highest BCUT2D eigenvalue weighted by atomic mass is 32.2. The molecule has 0 atom stereocenters. The van der Waals surface area contributed by atoms with Gasteiger partial charge in [-0.25, -0.2) is 14.1 Å². The topological polar surface area (TPSA) is 90.0 Å². The van der Waals surface area contributed by atoms with Gasteiger partial charge in [0.05, 0.1) is 13.0 Å². The molecule has 0 radical (unpaired) electrons. The van der Waals surface area contributed by atoms with Gasteiger partial charge in [0, 0.05) is 36.8 Å². The monoisotopic (exact) mass is 451 g/mol. The van der Waals surface area contributed by atoms with Crippen molar-refractivity contribution in [1.29, 1.82) is 0 Å². The van der Waals surface area contributed by atoms with E-state index in [4.69, 9.17) is 14.2 Å². The van der Waals surface area contributed by atoms with Crippen LogP contribution in [0.5, 0.6) is 5.88 Å². The van der Waals surface area contributed by atoms with Crippen LogP contribution in [-0.4, -0.2) is 60.3 Å². The molecule has 2 heterocycles. The summed E-state index contributed by atoms with van der Waals surface area (Å²) in [7, 11) is 1.44. The standard InChI is InChI=1S/C22H33N3O5S/c1-6-16(13-24-21(27)30-22(2,3)4)15-29-19-8-7-18(14-23-19)31-25-11-9-17(10-12-25)20(26)28-5/h6-8,14,17H,9-13,15H2,1-5H3,(H,24,27)/b16-6+. The highest BCUT2D eigenvalue weighted by Gasteiger charge is 2.26. The number of pyridine rings is 1. The highest BCUT2D eigenvalue weighted by Crippen LogP contribution is 2.29. The smallest absolute Gasteiger partial charge is 0.407 e. The van der Waals surface area contributed by atoms with Crippen LogP contribution in [0, 0.1) is 5.92 Å². The number of aromatic nitrogens is 1. The fraction of sp³-hybridized carbons (Fsp3) is 0.591. The number of carbonyl (C=O) groups is 2. The number of ether oxygens (including phenoxy) is 3. The molecule has 0 aliphatic carbocycles. The minimum atomic E-state index is -0.530. The Hall–Kier alpha value is -2.26. The number of carbonyl (C=O) groups excluding carboxylic acids is 2. The SMILES string of the molecule is C/C=C(\CNC(=O)OC(C)(C)C)COc1ccc(SN2CCC(C(=O)OC)CC2)cn1. The zero-order chi connectivity index (χ0) is 22.9. The predicted molar refractivity (Wildman–Crippen MR) is 120 cm³/mol. The van der Waals surface area contributed by atoms with E-state index in [-0.39, 0.29) is 11.9 Å². The van der Waals surface area contributed by atoms with Crippen molar-refractivity contribution in [3.8, 4) is 5.88 Å². The first-order valence-corrected chi connectivity index (χ1v) is 11.2. The van der Waals surface area contributed by atoms with Gasteiger partial charge < -0.3 is 19.5 Å². The third-order valence-corrected chi connectivity index (χ3v) is 5.68. The molecule has 0 spiro atoms. The van der Waals surface area contributed by atoms with Crippen molar-refractivity contribution in [3.05, 3.63) is 30.0 Å². The van der Waals surface area contributed by atoms with Crippen molar-refractivity contribution >= 4 is 24.0 Å². The van der Waals surface area contributed by atoms with E-state index in [1.165, 1.54) is 7.11 Å². The summed E-state index contributed by atoms with van der Waals surface area (Å²) in [6.45, 7) is 9.70. The van der Waals surface area contributed by atoms with Crippen molar-refractivity contribution in [2.24, 2.45) is 5.92 Å². The zero-order valence-electron chi connectivity index (χ0n) is 19.0. The van der Waals surface area contributed by atoms with Crippen LogP contribution in [0.25, 0.3) is 0 Å². The Morgan fingerprint density at radius 2 is 2.00 bits per heavy atom. The van der Waals surface area contributed by atoms with E-state index >= 15 is 0 Å². The molecule has 31 heavy (non-hydrogen) atoms. The van der Waals surface area contributed by atoms with Crippen LogP contribution in [0.15, 0.2) is 34.9 Å². The Morgan fingerprint density at radius 3 is 2.55 bits per heavy atom. The average molecular weight is 452 g/mol. The summed E-state index contributed by atoms with van der Waals surface area (Å²) in [5, 5.41) is 2.73. The molecular weight excluding hydrogens is 418 g/mol. The molecule has 1 aliphatic rings. The number of nitrogens with one attached hydrogen (secondary N) is 1. The number of hydrogen-bond acceptors (Lipinski definition) is 8. The summed E-state index contributed by atoms with van der Waals surface area (Å²) >= 11 is 1.63. The number of hydrogen-bond donors (Lipinski definition) is 1. The summed E-state index contributed by atoms with van der Waals surface area (Å²) < 4.78 is 18.0. The van der Waals surface area contributed by atoms with E-state index < -0.39 is 11.7 Å². The zero-order valence-corrected chi connectivity index (χ0v) is 19.8. The molecule has 1 amide bonds. The predicted octanol–water partition coefficient (Wildman–Crippen LogP) is 3.82. The minimum absolute atomic E-state index is 0.00127. The first kappa shape index (κ1) is 25.0. The molecule has 0 aromatic carbocycles. The molecule has 0 saturated carbocycles. The molecule has 1 saturated heterocycles. The van der Waals surface area contributed by atoms with Gasteiger partial charge in [-0.3, -0.25) is 4.79 Å². The molecule has 1 N–H and O–H groups in total. The van der Waals surface area contributed by atoms with Crippen LogP contribution in [0.2, 0.25) is 0 Å². The fourth-order valence-electron chi connectivity index (χ4n) is 2.91. The number of nitrogens with zero attached hydrogens (tertiary/aromatic N) is 2. The summed E-state index contributed by atoms with van der Waals surface area (Å²) in [6.07, 6.45) is 4.83. The summed E-state index contributed by atoms with van der Waals surface area (Å²) in [5.74, 6) is 0.404. The summed E-state index contributed by atoms with van der Waals surface area (Å²) in [6, 6.07) is 3.80. The van der Waals surface area contributed by atoms with Crippen molar-refractivity contribution in [2.45, 2.75) is 51.0 Å². The van der Waals surface area contributed by atoms with Gasteiger partial charge in [-0.15, -0.1) is 0 Å². The molecule has 1 aromatic rings. The van der Waals surface area contributed by atoms with Crippen LogP contribution in [0.1, 0.15) is 40.5 Å². The van der Waals surface area contributed by atoms with Gasteiger partial charge in [-0.1, -0.05) is 6.08 Å². The maximum atomic E-state index is 11.8. The summed E-state index contributed by atoms with van der Waals surface area (Å²) in [5.41, 5.74) is 0.386.